The van der Waals surface area contributed by atoms with Crippen LogP contribution in [0.3, 0.4) is 0 Å². The fraction of sp³-hybridized carbons (Fsp3) is 0.278. The third kappa shape index (κ3) is 3.68. The van der Waals surface area contributed by atoms with Crippen LogP contribution in [-0.2, 0) is 0 Å². The molecular formula is C18H16F3N3O2. The maximum absolute atomic E-state index is 13.7. The van der Waals surface area contributed by atoms with Gasteiger partial charge in [-0.05, 0) is 37.5 Å². The Balaban J connectivity index is 1.78. The Bertz CT molecular complexity index is 852. The molecule has 26 heavy (non-hydrogen) atoms. The van der Waals surface area contributed by atoms with E-state index in [1.54, 1.807) is 4.90 Å². The first-order chi connectivity index (χ1) is 12.5. The number of likely N-dealkylation sites (tertiary alicyclic amines) is 1. The molecule has 2 heterocycles. The number of amides is 2. The molecule has 8 heteroatoms. The fourth-order valence-corrected chi connectivity index (χ4v) is 2.78. The van der Waals surface area contributed by atoms with Crippen LogP contribution >= 0.6 is 0 Å². The highest BCUT2D eigenvalue weighted by atomic mass is 19.2. The van der Waals surface area contributed by atoms with Gasteiger partial charge in [0.1, 0.15) is 0 Å². The second-order valence-corrected chi connectivity index (χ2v) is 5.99. The second kappa shape index (κ2) is 7.55. The molecule has 1 aliphatic rings. The number of nitrogens with one attached hydrogen (secondary N) is 1. The van der Waals surface area contributed by atoms with E-state index in [9.17, 15) is 22.8 Å². The van der Waals surface area contributed by atoms with Crippen molar-refractivity contribution in [3.8, 4) is 0 Å². The van der Waals surface area contributed by atoms with Gasteiger partial charge in [0.25, 0.3) is 11.8 Å². The summed E-state index contributed by atoms with van der Waals surface area (Å²) in [6.07, 6.45) is 5.49. The van der Waals surface area contributed by atoms with Gasteiger partial charge in [-0.15, -0.1) is 0 Å². The number of hydrogen-bond acceptors (Lipinski definition) is 3. The molecule has 0 spiro atoms. The second-order valence-electron chi connectivity index (χ2n) is 5.99. The lowest BCUT2D eigenvalue weighted by molar-refractivity contribution is 0.0724. The normalized spacial score (nSPS) is 14.2. The molecule has 0 radical (unpaired) electrons. The van der Waals surface area contributed by atoms with Gasteiger partial charge >= 0.3 is 0 Å². The topological polar surface area (TPSA) is 62.3 Å². The Morgan fingerprint density at radius 2 is 1.65 bits per heavy atom. The van der Waals surface area contributed by atoms with Crippen molar-refractivity contribution in [2.24, 2.45) is 0 Å². The first-order valence-corrected chi connectivity index (χ1v) is 8.16. The highest BCUT2D eigenvalue weighted by Crippen LogP contribution is 2.20. The Morgan fingerprint density at radius 3 is 2.38 bits per heavy atom. The highest BCUT2D eigenvalue weighted by Gasteiger charge is 2.20. The van der Waals surface area contributed by atoms with Crippen molar-refractivity contribution in [1.82, 2.24) is 9.88 Å². The number of halogens is 3. The van der Waals surface area contributed by atoms with Gasteiger partial charge < -0.3 is 10.2 Å². The molecule has 1 aliphatic heterocycles. The van der Waals surface area contributed by atoms with E-state index in [2.05, 4.69) is 10.3 Å². The van der Waals surface area contributed by atoms with E-state index in [1.165, 1.54) is 18.5 Å². The summed E-state index contributed by atoms with van der Waals surface area (Å²) in [7, 11) is 0. The van der Waals surface area contributed by atoms with E-state index in [0.29, 0.717) is 19.2 Å². The largest absolute Gasteiger partial charge is 0.339 e. The van der Waals surface area contributed by atoms with E-state index in [1.807, 2.05) is 0 Å². The van der Waals surface area contributed by atoms with Crippen LogP contribution in [0.25, 0.3) is 0 Å². The number of hydrogen-bond donors (Lipinski definition) is 1. The summed E-state index contributed by atoms with van der Waals surface area (Å²) >= 11 is 0. The third-order valence-electron chi connectivity index (χ3n) is 4.17. The summed E-state index contributed by atoms with van der Waals surface area (Å²) in [5, 5.41) is 2.15. The van der Waals surface area contributed by atoms with Gasteiger partial charge in [0.2, 0.25) is 0 Å². The number of carbonyl (C=O) groups is 2. The summed E-state index contributed by atoms with van der Waals surface area (Å²) in [5.74, 6) is -5.53. The lowest BCUT2D eigenvalue weighted by atomic mass is 10.1. The molecule has 0 saturated carbocycles. The quantitative estimate of drug-likeness (QED) is 0.851. The monoisotopic (exact) mass is 363 g/mol. The Hall–Kier alpha value is -2.90. The molecule has 3 rings (SSSR count). The van der Waals surface area contributed by atoms with Crippen LogP contribution in [0.1, 0.15) is 40.0 Å². The molecule has 5 nitrogen and oxygen atoms in total. The summed E-state index contributed by atoms with van der Waals surface area (Å²) in [6, 6.07) is 2.97. The molecule has 1 N–H and O–H groups in total. The Labute approximate surface area is 147 Å². The standard InChI is InChI=1S/C18H16F3N3O2/c19-13-4-5-14(16(21)15(13)20)23-17(25)11-8-12(10-22-9-11)18(26)24-6-2-1-3-7-24/h4-5,8-10H,1-3,6-7H2,(H,23,25). The number of piperidine rings is 1. The zero-order valence-corrected chi connectivity index (χ0v) is 13.8. The van der Waals surface area contributed by atoms with E-state index >= 15 is 0 Å². The average molecular weight is 363 g/mol. The summed E-state index contributed by atoms with van der Waals surface area (Å²) in [5.41, 5.74) is -0.246. The zero-order chi connectivity index (χ0) is 18.7. The molecule has 2 amide bonds. The maximum atomic E-state index is 13.7. The van der Waals surface area contributed by atoms with Crippen LogP contribution in [0.15, 0.2) is 30.6 Å². The fourth-order valence-electron chi connectivity index (χ4n) is 2.78. The number of rotatable bonds is 3. The van der Waals surface area contributed by atoms with E-state index in [-0.39, 0.29) is 17.0 Å². The van der Waals surface area contributed by atoms with E-state index in [0.717, 1.165) is 25.3 Å². The highest BCUT2D eigenvalue weighted by molar-refractivity contribution is 6.05. The molecule has 2 aromatic rings. The van der Waals surface area contributed by atoms with Crippen molar-refractivity contribution in [3.63, 3.8) is 0 Å². The van der Waals surface area contributed by atoms with Crippen molar-refractivity contribution >= 4 is 17.5 Å². The van der Waals surface area contributed by atoms with Crippen LogP contribution in [0, 0.1) is 17.5 Å². The average Bonchev–Trinajstić information content (AvgIpc) is 2.68. The van der Waals surface area contributed by atoms with Crippen molar-refractivity contribution in [3.05, 3.63) is 59.2 Å². The molecule has 0 atom stereocenters. The molecule has 0 bridgehead atoms. The Kier molecular flexibility index (Phi) is 5.20. The number of aromatic nitrogens is 1. The SMILES string of the molecule is O=C(Nc1ccc(F)c(F)c1F)c1cncc(C(=O)N2CCCCC2)c1. The van der Waals surface area contributed by atoms with Gasteiger partial charge in [0.05, 0.1) is 16.8 Å². The van der Waals surface area contributed by atoms with Gasteiger partial charge in [0, 0.05) is 25.5 Å². The minimum absolute atomic E-state index is 0.0111. The van der Waals surface area contributed by atoms with Crippen LogP contribution in [0.5, 0.6) is 0 Å². The minimum atomic E-state index is -1.67. The first kappa shape index (κ1) is 17.9. The molecule has 1 aromatic carbocycles. The summed E-state index contributed by atoms with van der Waals surface area (Å²) in [6.45, 7) is 1.30. The number of pyridine rings is 1. The lowest BCUT2D eigenvalue weighted by Crippen LogP contribution is -2.35. The minimum Gasteiger partial charge on any atom is -0.339 e. The molecule has 1 aromatic heterocycles. The van der Waals surface area contributed by atoms with Crippen molar-refractivity contribution in [2.45, 2.75) is 19.3 Å². The van der Waals surface area contributed by atoms with Gasteiger partial charge in [-0.2, -0.15) is 0 Å². The van der Waals surface area contributed by atoms with Crippen LogP contribution < -0.4 is 5.32 Å². The number of anilines is 1. The molecule has 0 unspecified atom stereocenters. The van der Waals surface area contributed by atoms with Crippen LogP contribution in [0.4, 0.5) is 18.9 Å². The van der Waals surface area contributed by atoms with E-state index in [4.69, 9.17) is 0 Å². The zero-order valence-electron chi connectivity index (χ0n) is 13.8. The molecule has 1 fully saturated rings. The van der Waals surface area contributed by atoms with Gasteiger partial charge in [0.15, 0.2) is 17.5 Å². The number of carbonyl (C=O) groups excluding carboxylic acids is 2. The van der Waals surface area contributed by atoms with Crippen LogP contribution in [-0.4, -0.2) is 34.8 Å². The van der Waals surface area contributed by atoms with Gasteiger partial charge in [-0.1, -0.05) is 0 Å². The molecule has 0 aliphatic carbocycles. The molecule has 136 valence electrons. The Morgan fingerprint density at radius 1 is 0.962 bits per heavy atom. The predicted molar refractivity (Wildman–Crippen MR) is 88.3 cm³/mol. The van der Waals surface area contributed by atoms with Gasteiger partial charge in [-0.3, -0.25) is 14.6 Å². The van der Waals surface area contributed by atoms with Crippen molar-refractivity contribution in [1.29, 1.82) is 0 Å². The summed E-state index contributed by atoms with van der Waals surface area (Å²) < 4.78 is 39.9. The van der Waals surface area contributed by atoms with Crippen molar-refractivity contribution in [2.75, 3.05) is 18.4 Å². The summed E-state index contributed by atoms with van der Waals surface area (Å²) in [4.78, 5) is 30.3. The maximum Gasteiger partial charge on any atom is 0.257 e. The van der Waals surface area contributed by atoms with Crippen molar-refractivity contribution < 1.29 is 22.8 Å². The van der Waals surface area contributed by atoms with Crippen LogP contribution in [0.2, 0.25) is 0 Å². The number of nitrogens with zero attached hydrogens (tertiary/aromatic N) is 2. The third-order valence-corrected chi connectivity index (χ3v) is 4.17. The molecule has 1 saturated heterocycles. The van der Waals surface area contributed by atoms with Gasteiger partial charge in [-0.25, -0.2) is 13.2 Å². The number of benzene rings is 1. The smallest absolute Gasteiger partial charge is 0.257 e. The first-order valence-electron chi connectivity index (χ1n) is 8.16. The lowest BCUT2D eigenvalue weighted by Gasteiger charge is -2.26. The predicted octanol–water partition coefficient (Wildman–Crippen LogP) is 3.38. The van der Waals surface area contributed by atoms with E-state index < -0.39 is 29.0 Å². The molecular weight excluding hydrogens is 347 g/mol.